The minimum atomic E-state index is -3.67. The van der Waals surface area contributed by atoms with E-state index in [0.717, 1.165) is 23.2 Å². The summed E-state index contributed by atoms with van der Waals surface area (Å²) in [5.74, 6) is -0.116. The average Bonchev–Trinajstić information content (AvgIpc) is 3.36. The van der Waals surface area contributed by atoms with Crippen LogP contribution in [0.25, 0.3) is 0 Å². The molecule has 1 atom stereocenters. The number of nitrogens with one attached hydrogen (secondary N) is 1. The summed E-state index contributed by atoms with van der Waals surface area (Å²) in [7, 11) is -2.09. The standard InChI is InChI=1S/C29H31N3O5S/c1-20-5-13-26(14-6-20)38(35,36)31-16-3-4-23(19-31)28(33)30-24-10-7-21-15-17-32(27(21)18-24)29(34)22-8-11-25(37-2)12-9-22/h5-14,18,23H,3-4,15-17,19H2,1-2H3,(H,30,33). The van der Waals surface area contributed by atoms with Gasteiger partial charge in [-0.15, -0.1) is 0 Å². The highest BCUT2D eigenvalue weighted by molar-refractivity contribution is 7.89. The molecule has 3 aromatic rings. The number of carbonyl (C=O) groups is 2. The second kappa shape index (κ2) is 10.6. The van der Waals surface area contributed by atoms with Gasteiger partial charge in [-0.05, 0) is 80.3 Å². The Morgan fingerprint density at radius 2 is 1.71 bits per heavy atom. The Bertz CT molecular complexity index is 1450. The van der Waals surface area contributed by atoms with Gasteiger partial charge in [0.05, 0.1) is 17.9 Å². The molecule has 0 bridgehead atoms. The van der Waals surface area contributed by atoms with Crippen LogP contribution in [-0.4, -0.2) is 51.3 Å². The fourth-order valence-corrected chi connectivity index (χ4v) is 6.56. The van der Waals surface area contributed by atoms with E-state index in [4.69, 9.17) is 4.74 Å². The molecule has 198 valence electrons. The number of fused-ring (bicyclic) bond motifs is 1. The average molecular weight is 534 g/mol. The van der Waals surface area contributed by atoms with Gasteiger partial charge in [0.1, 0.15) is 5.75 Å². The number of hydrogen-bond acceptors (Lipinski definition) is 5. The third kappa shape index (κ3) is 5.16. The Balaban J connectivity index is 1.28. The quantitative estimate of drug-likeness (QED) is 0.511. The van der Waals surface area contributed by atoms with Gasteiger partial charge in [-0.3, -0.25) is 9.59 Å². The van der Waals surface area contributed by atoms with Gasteiger partial charge < -0.3 is 15.0 Å². The summed E-state index contributed by atoms with van der Waals surface area (Å²) in [4.78, 5) is 28.4. The van der Waals surface area contributed by atoms with Crippen molar-refractivity contribution in [1.29, 1.82) is 0 Å². The van der Waals surface area contributed by atoms with E-state index in [1.807, 2.05) is 25.1 Å². The summed E-state index contributed by atoms with van der Waals surface area (Å²) in [5.41, 5.74) is 3.94. The molecule has 2 aliphatic rings. The number of hydrogen-bond donors (Lipinski definition) is 1. The normalized spacial score (nSPS) is 17.6. The lowest BCUT2D eigenvalue weighted by molar-refractivity contribution is -0.120. The number of benzene rings is 3. The van der Waals surface area contributed by atoms with Crippen LogP contribution in [-0.2, 0) is 21.2 Å². The molecule has 1 N–H and O–H groups in total. The van der Waals surface area contributed by atoms with Crippen LogP contribution in [0.2, 0.25) is 0 Å². The summed E-state index contributed by atoms with van der Waals surface area (Å²) in [6.45, 7) is 2.99. The van der Waals surface area contributed by atoms with Crippen molar-refractivity contribution < 1.29 is 22.7 Å². The van der Waals surface area contributed by atoms with Crippen molar-refractivity contribution in [3.05, 3.63) is 83.4 Å². The van der Waals surface area contributed by atoms with Crippen LogP contribution < -0.4 is 15.0 Å². The lowest BCUT2D eigenvalue weighted by Gasteiger charge is -2.31. The van der Waals surface area contributed by atoms with E-state index >= 15 is 0 Å². The zero-order valence-corrected chi connectivity index (χ0v) is 22.3. The number of sulfonamides is 1. The SMILES string of the molecule is COc1ccc(C(=O)N2CCc3ccc(NC(=O)C4CCCN(S(=O)(=O)c5ccc(C)cc5)C4)cc32)cc1. The number of anilines is 2. The second-order valence-corrected chi connectivity index (χ2v) is 11.7. The maximum absolute atomic E-state index is 13.2. The highest BCUT2D eigenvalue weighted by atomic mass is 32.2. The van der Waals surface area contributed by atoms with E-state index in [0.29, 0.717) is 42.9 Å². The van der Waals surface area contributed by atoms with Crippen molar-refractivity contribution in [2.24, 2.45) is 5.92 Å². The largest absolute Gasteiger partial charge is 0.497 e. The molecule has 0 aromatic heterocycles. The van der Waals surface area contributed by atoms with Gasteiger partial charge in [0, 0.05) is 36.6 Å². The summed E-state index contributed by atoms with van der Waals surface area (Å²) < 4.78 is 32.9. The monoisotopic (exact) mass is 533 g/mol. The molecule has 1 saturated heterocycles. The van der Waals surface area contributed by atoms with E-state index in [-0.39, 0.29) is 23.3 Å². The number of methoxy groups -OCH3 is 1. The molecule has 0 radical (unpaired) electrons. The van der Waals surface area contributed by atoms with Crippen LogP contribution in [0.4, 0.5) is 11.4 Å². The first kappa shape index (κ1) is 25.9. The molecule has 0 saturated carbocycles. The maximum atomic E-state index is 13.2. The lowest BCUT2D eigenvalue weighted by Crippen LogP contribution is -2.43. The highest BCUT2D eigenvalue weighted by Gasteiger charge is 2.34. The zero-order chi connectivity index (χ0) is 26.9. The van der Waals surface area contributed by atoms with Gasteiger partial charge in [-0.1, -0.05) is 23.8 Å². The van der Waals surface area contributed by atoms with Crippen molar-refractivity contribution in [2.75, 3.05) is 37.0 Å². The minimum Gasteiger partial charge on any atom is -0.497 e. The summed E-state index contributed by atoms with van der Waals surface area (Å²) in [5, 5.41) is 2.96. The highest BCUT2D eigenvalue weighted by Crippen LogP contribution is 2.33. The van der Waals surface area contributed by atoms with Gasteiger partial charge in [0.25, 0.3) is 5.91 Å². The predicted molar refractivity (Wildman–Crippen MR) is 146 cm³/mol. The van der Waals surface area contributed by atoms with Crippen molar-refractivity contribution in [3.63, 3.8) is 0 Å². The molecule has 2 amide bonds. The number of nitrogens with zero attached hydrogens (tertiary/aromatic N) is 2. The van der Waals surface area contributed by atoms with Crippen molar-refractivity contribution in [1.82, 2.24) is 4.31 Å². The Morgan fingerprint density at radius 3 is 2.42 bits per heavy atom. The van der Waals surface area contributed by atoms with E-state index < -0.39 is 15.9 Å². The fraction of sp³-hybridized carbons (Fsp3) is 0.310. The van der Waals surface area contributed by atoms with Gasteiger partial charge in [0.2, 0.25) is 15.9 Å². The van der Waals surface area contributed by atoms with Crippen molar-refractivity contribution in [2.45, 2.75) is 31.1 Å². The molecule has 38 heavy (non-hydrogen) atoms. The third-order valence-corrected chi connectivity index (χ3v) is 9.12. The first-order valence-electron chi connectivity index (χ1n) is 12.7. The molecular weight excluding hydrogens is 502 g/mol. The van der Waals surface area contributed by atoms with Crippen LogP contribution in [0.15, 0.2) is 71.6 Å². The molecule has 2 heterocycles. The number of amides is 2. The minimum absolute atomic E-state index is 0.112. The fourth-order valence-electron chi connectivity index (χ4n) is 5.04. The second-order valence-electron chi connectivity index (χ2n) is 9.78. The number of rotatable bonds is 6. The smallest absolute Gasteiger partial charge is 0.258 e. The zero-order valence-electron chi connectivity index (χ0n) is 21.5. The van der Waals surface area contributed by atoms with Gasteiger partial charge in [-0.2, -0.15) is 4.31 Å². The first-order chi connectivity index (χ1) is 18.3. The molecule has 0 aliphatic carbocycles. The van der Waals surface area contributed by atoms with E-state index in [9.17, 15) is 18.0 Å². The van der Waals surface area contributed by atoms with Crippen molar-refractivity contribution >= 4 is 33.2 Å². The third-order valence-electron chi connectivity index (χ3n) is 7.24. The van der Waals surface area contributed by atoms with Crippen molar-refractivity contribution in [3.8, 4) is 5.75 Å². The molecule has 5 rings (SSSR count). The maximum Gasteiger partial charge on any atom is 0.258 e. The van der Waals surface area contributed by atoms with Crippen LogP contribution in [0.1, 0.15) is 34.3 Å². The number of aryl methyl sites for hydroxylation is 1. The van der Waals surface area contributed by atoms with Gasteiger partial charge in [0.15, 0.2) is 0 Å². The van der Waals surface area contributed by atoms with Crippen LogP contribution in [0, 0.1) is 12.8 Å². The first-order valence-corrected chi connectivity index (χ1v) is 14.2. The summed E-state index contributed by atoms with van der Waals surface area (Å²) in [6, 6.07) is 19.4. The predicted octanol–water partition coefficient (Wildman–Crippen LogP) is 4.25. The van der Waals surface area contributed by atoms with E-state index in [1.165, 1.54) is 4.31 Å². The number of carbonyl (C=O) groups excluding carboxylic acids is 2. The molecule has 8 nitrogen and oxygen atoms in total. The summed E-state index contributed by atoms with van der Waals surface area (Å²) >= 11 is 0. The van der Waals surface area contributed by atoms with Crippen LogP contribution in [0.5, 0.6) is 5.75 Å². The van der Waals surface area contributed by atoms with Crippen LogP contribution >= 0.6 is 0 Å². The molecule has 9 heteroatoms. The number of ether oxygens (including phenoxy) is 1. The van der Waals surface area contributed by atoms with E-state index in [1.54, 1.807) is 60.5 Å². The Hall–Kier alpha value is -3.69. The molecule has 3 aromatic carbocycles. The Morgan fingerprint density at radius 1 is 0.974 bits per heavy atom. The van der Waals surface area contributed by atoms with Crippen LogP contribution in [0.3, 0.4) is 0 Å². The molecule has 1 fully saturated rings. The Kier molecular flexibility index (Phi) is 7.23. The number of piperidine rings is 1. The molecule has 1 unspecified atom stereocenters. The van der Waals surface area contributed by atoms with Gasteiger partial charge in [-0.25, -0.2) is 8.42 Å². The lowest BCUT2D eigenvalue weighted by atomic mass is 9.98. The molecular formula is C29H31N3O5S. The van der Waals surface area contributed by atoms with Gasteiger partial charge >= 0.3 is 0 Å². The molecule has 0 spiro atoms. The van der Waals surface area contributed by atoms with E-state index in [2.05, 4.69) is 5.32 Å². The molecule has 2 aliphatic heterocycles. The Labute approximate surface area is 223 Å². The summed E-state index contributed by atoms with van der Waals surface area (Å²) in [6.07, 6.45) is 1.95. The topological polar surface area (TPSA) is 96.0 Å².